The van der Waals surface area contributed by atoms with Gasteiger partial charge in [-0.05, 0) is 31.0 Å². The van der Waals surface area contributed by atoms with Gasteiger partial charge in [-0.1, -0.05) is 13.5 Å². The zero-order valence-electron chi connectivity index (χ0n) is 13.2. The van der Waals surface area contributed by atoms with Crippen molar-refractivity contribution in [1.82, 2.24) is 25.3 Å². The number of amides is 1. The summed E-state index contributed by atoms with van der Waals surface area (Å²) in [6.45, 7) is 1.49. The second-order valence-electron chi connectivity index (χ2n) is 5.92. The Balaban J connectivity index is 0.00000196. The van der Waals surface area contributed by atoms with E-state index in [-0.39, 0.29) is 24.6 Å². The summed E-state index contributed by atoms with van der Waals surface area (Å²) in [4.78, 5) is 17.1. The van der Waals surface area contributed by atoms with Crippen molar-refractivity contribution in [2.24, 2.45) is 0 Å². The lowest BCUT2D eigenvalue weighted by molar-refractivity contribution is 0.0787. The summed E-state index contributed by atoms with van der Waals surface area (Å²) in [5.41, 5.74) is 1.57. The molecule has 1 aliphatic rings. The van der Waals surface area contributed by atoms with Gasteiger partial charge in [-0.15, -0.1) is 0 Å². The molecule has 1 amide bonds. The summed E-state index contributed by atoms with van der Waals surface area (Å²) in [7, 11) is 0. The van der Waals surface area contributed by atoms with Crippen LogP contribution in [0.1, 0.15) is 30.8 Å². The summed E-state index contributed by atoms with van der Waals surface area (Å²) in [5.74, 6) is -2.02. The number of carbonyl (C=O) groups is 1. The lowest BCUT2D eigenvalue weighted by atomic mass is 10.1. The molecular weight excluding hydrogens is 340 g/mol. The molecule has 2 aromatic heterocycles. The quantitative estimate of drug-likeness (QED) is 0.750. The highest BCUT2D eigenvalue weighted by Crippen LogP contribution is 2.31. The van der Waals surface area contributed by atoms with E-state index < -0.39 is 11.6 Å². The molecule has 3 aromatic rings. The molecule has 6 nitrogen and oxygen atoms in total. The minimum Gasteiger partial charge on any atom is -0.357 e. The number of hydrogen-bond acceptors (Lipinski definition) is 3. The van der Waals surface area contributed by atoms with E-state index in [1.807, 2.05) is 0 Å². The van der Waals surface area contributed by atoms with Gasteiger partial charge in [-0.2, -0.15) is 15.4 Å². The maximum Gasteiger partial charge on any atom is 0.270 e. The molecule has 1 fully saturated rings. The van der Waals surface area contributed by atoms with Gasteiger partial charge in [-0.3, -0.25) is 4.79 Å². The van der Waals surface area contributed by atoms with E-state index in [1.54, 1.807) is 17.2 Å². The number of nitrogens with zero attached hydrogens (tertiary/aromatic N) is 3. The van der Waals surface area contributed by atoms with Gasteiger partial charge in [0.2, 0.25) is 0 Å². The Bertz CT molecular complexity index is 927. The van der Waals surface area contributed by atoms with E-state index in [0.717, 1.165) is 32.0 Å². The molecule has 0 atom stereocenters. The maximum absolute atomic E-state index is 14.1. The molecule has 0 aliphatic carbocycles. The number of hydrogen-bond donors (Lipinski definition) is 2. The number of H-pyrrole nitrogens is 2. The van der Waals surface area contributed by atoms with Gasteiger partial charge in [0.1, 0.15) is 17.1 Å². The number of carbonyl (C=O) groups excluding carboxylic acids is 1. The van der Waals surface area contributed by atoms with Crippen molar-refractivity contribution in [2.75, 3.05) is 13.1 Å². The largest absolute Gasteiger partial charge is 0.357 e. The van der Waals surface area contributed by atoms with Crippen molar-refractivity contribution in [3.63, 3.8) is 0 Å². The van der Waals surface area contributed by atoms with Crippen LogP contribution in [-0.4, -0.2) is 44.3 Å². The molecule has 26 heavy (non-hydrogen) atoms. The van der Waals surface area contributed by atoms with Crippen LogP contribution in [-0.2, 0) is 0 Å². The molecule has 136 valence electrons. The van der Waals surface area contributed by atoms with Crippen LogP contribution in [0.4, 0.5) is 8.78 Å². The zero-order chi connectivity index (χ0) is 17.4. The highest BCUT2D eigenvalue weighted by Gasteiger charge is 2.23. The first-order valence-corrected chi connectivity index (χ1v) is 7.98. The van der Waals surface area contributed by atoms with E-state index in [0.29, 0.717) is 17.0 Å². The van der Waals surface area contributed by atoms with E-state index in [1.165, 1.54) is 12.1 Å². The van der Waals surface area contributed by atoms with Crippen LogP contribution in [0.25, 0.3) is 22.5 Å². The van der Waals surface area contributed by atoms with Gasteiger partial charge in [-0.25, -0.2) is 8.78 Å². The molecule has 0 bridgehead atoms. The Morgan fingerprint density at radius 2 is 1.85 bits per heavy atom. The number of aromatic amines is 2. The van der Waals surface area contributed by atoms with E-state index in [4.69, 9.17) is 0 Å². The average Bonchev–Trinajstić information content (AvgIpc) is 3.37. The third-order valence-electron chi connectivity index (χ3n) is 4.33. The Morgan fingerprint density at radius 1 is 1.12 bits per heavy atom. The minimum absolute atomic E-state index is 0. The highest BCUT2D eigenvalue weighted by molar-refractivity contribution is 5.94. The van der Waals surface area contributed by atoms with Crippen LogP contribution in [0, 0.1) is 11.6 Å². The number of aromatic nitrogens is 4. The van der Waals surface area contributed by atoms with Crippen LogP contribution in [0.2, 0.25) is 0 Å². The molecule has 0 saturated carbocycles. The number of rotatable bonds is 3. The van der Waals surface area contributed by atoms with Gasteiger partial charge in [0.15, 0.2) is 11.6 Å². The maximum atomic E-state index is 14.1. The Morgan fingerprint density at radius 3 is 2.62 bits per heavy atom. The molecule has 1 aromatic carbocycles. The SMILES string of the molecule is C.O=C(c1cc(-c2n[nH]nc2-c2cccc(F)c2F)c[nH]1)N1CCCC1. The number of nitrogens with one attached hydrogen (secondary N) is 2. The number of halogens is 2. The topological polar surface area (TPSA) is 77.7 Å². The second-order valence-corrected chi connectivity index (χ2v) is 5.92. The van der Waals surface area contributed by atoms with Crippen molar-refractivity contribution in [1.29, 1.82) is 0 Å². The summed E-state index contributed by atoms with van der Waals surface area (Å²) < 4.78 is 27.6. The Hall–Kier alpha value is -3.03. The minimum atomic E-state index is -0.985. The number of likely N-dealkylation sites (tertiary alicyclic amines) is 1. The zero-order valence-corrected chi connectivity index (χ0v) is 13.2. The summed E-state index contributed by atoms with van der Waals surface area (Å²) in [6, 6.07) is 5.54. The molecule has 1 aliphatic heterocycles. The first kappa shape index (κ1) is 17.8. The van der Waals surface area contributed by atoms with Crippen LogP contribution >= 0.6 is 0 Å². The molecule has 3 heterocycles. The van der Waals surface area contributed by atoms with Crippen LogP contribution < -0.4 is 0 Å². The molecular formula is C18H19F2N5O. The fourth-order valence-corrected chi connectivity index (χ4v) is 3.05. The van der Waals surface area contributed by atoms with Gasteiger partial charge < -0.3 is 9.88 Å². The summed E-state index contributed by atoms with van der Waals surface area (Å²) in [5, 5.41) is 10.4. The fourth-order valence-electron chi connectivity index (χ4n) is 3.05. The fraction of sp³-hybridized carbons (Fsp3) is 0.278. The summed E-state index contributed by atoms with van der Waals surface area (Å²) in [6.07, 6.45) is 3.62. The third kappa shape index (κ3) is 2.98. The van der Waals surface area contributed by atoms with Gasteiger partial charge in [0.25, 0.3) is 5.91 Å². The monoisotopic (exact) mass is 359 g/mol. The van der Waals surface area contributed by atoms with E-state index in [2.05, 4.69) is 20.4 Å². The predicted molar refractivity (Wildman–Crippen MR) is 93.4 cm³/mol. The molecule has 2 N–H and O–H groups in total. The lowest BCUT2D eigenvalue weighted by Gasteiger charge is -2.13. The van der Waals surface area contributed by atoms with Gasteiger partial charge >= 0.3 is 0 Å². The third-order valence-corrected chi connectivity index (χ3v) is 4.33. The Labute approximate surface area is 149 Å². The molecule has 0 unspecified atom stereocenters. The van der Waals surface area contributed by atoms with Crippen molar-refractivity contribution in [3.8, 4) is 22.5 Å². The summed E-state index contributed by atoms with van der Waals surface area (Å²) >= 11 is 0. The van der Waals surface area contributed by atoms with E-state index >= 15 is 0 Å². The number of benzene rings is 1. The van der Waals surface area contributed by atoms with Crippen molar-refractivity contribution < 1.29 is 13.6 Å². The van der Waals surface area contributed by atoms with Crippen molar-refractivity contribution in [2.45, 2.75) is 20.3 Å². The van der Waals surface area contributed by atoms with Gasteiger partial charge in [0, 0.05) is 30.4 Å². The first-order chi connectivity index (χ1) is 12.1. The van der Waals surface area contributed by atoms with Crippen LogP contribution in [0.5, 0.6) is 0 Å². The average molecular weight is 359 g/mol. The molecule has 1 saturated heterocycles. The normalized spacial score (nSPS) is 13.7. The molecule has 4 rings (SSSR count). The smallest absolute Gasteiger partial charge is 0.270 e. The predicted octanol–water partition coefficient (Wildman–Crippen LogP) is 3.62. The lowest BCUT2D eigenvalue weighted by Crippen LogP contribution is -2.27. The first-order valence-electron chi connectivity index (χ1n) is 7.98. The Kier molecular flexibility index (Phi) is 4.83. The van der Waals surface area contributed by atoms with Crippen molar-refractivity contribution in [3.05, 3.63) is 47.8 Å². The molecule has 8 heteroatoms. The van der Waals surface area contributed by atoms with Gasteiger partial charge in [0.05, 0.1) is 0 Å². The highest BCUT2D eigenvalue weighted by atomic mass is 19.2. The van der Waals surface area contributed by atoms with Crippen molar-refractivity contribution >= 4 is 5.91 Å². The van der Waals surface area contributed by atoms with Crippen LogP contribution in [0.3, 0.4) is 0 Å². The second kappa shape index (κ2) is 7.07. The van der Waals surface area contributed by atoms with E-state index in [9.17, 15) is 13.6 Å². The van der Waals surface area contributed by atoms with Crippen LogP contribution in [0.15, 0.2) is 30.5 Å². The standard InChI is InChI=1S/C17H15F2N5O.CH4/c18-12-5-3-4-11(14(12)19)16-15(21-23-22-16)10-8-13(20-9-10)17(25)24-6-1-2-7-24;/h3-5,8-9,20H,1-2,6-7H2,(H,21,22,23);1H4. The molecule has 0 spiro atoms. The molecule has 0 radical (unpaired) electrons.